The van der Waals surface area contributed by atoms with Gasteiger partial charge < -0.3 is 0 Å². The molecule has 0 radical (unpaired) electrons. The van der Waals surface area contributed by atoms with Crippen molar-refractivity contribution in [2.24, 2.45) is 0 Å². The summed E-state index contributed by atoms with van der Waals surface area (Å²) in [6, 6.07) is 9.81. The zero-order chi connectivity index (χ0) is 15.1. The van der Waals surface area contributed by atoms with Crippen LogP contribution in [0.4, 0.5) is 4.39 Å². The summed E-state index contributed by atoms with van der Waals surface area (Å²) >= 11 is 6.41. The lowest BCUT2D eigenvalue weighted by atomic mass is 9.95. The van der Waals surface area contributed by atoms with Crippen LogP contribution in [0.2, 0.25) is 0 Å². The maximum atomic E-state index is 13.8. The first-order chi connectivity index (χ1) is 9.16. The molecule has 0 aliphatic carbocycles. The van der Waals surface area contributed by atoms with Crippen molar-refractivity contribution in [1.82, 2.24) is 0 Å². The van der Waals surface area contributed by atoms with E-state index in [9.17, 15) is 12.8 Å². The predicted molar refractivity (Wildman–Crippen MR) is 81.4 cm³/mol. The van der Waals surface area contributed by atoms with E-state index < -0.39 is 20.0 Å². The number of halogens is 2. The summed E-state index contributed by atoms with van der Waals surface area (Å²) < 4.78 is 36.5. The van der Waals surface area contributed by atoms with Crippen LogP contribution in [0.3, 0.4) is 0 Å². The fraction of sp³-hybridized carbons (Fsp3) is 0.333. The van der Waals surface area contributed by atoms with Crippen LogP contribution in [0.5, 0.6) is 0 Å². The van der Waals surface area contributed by atoms with Crippen LogP contribution in [0.15, 0.2) is 36.4 Å². The SMILES string of the molecule is CC(C)(C(Cl)c1ccc(F)c2ccccc12)S(C)(=O)=O. The Kier molecular flexibility index (Phi) is 3.82. The van der Waals surface area contributed by atoms with Gasteiger partial charge >= 0.3 is 0 Å². The Bertz CT molecular complexity index is 754. The summed E-state index contributed by atoms with van der Waals surface area (Å²) in [5.74, 6) is -0.342. The van der Waals surface area contributed by atoms with E-state index in [1.165, 1.54) is 6.07 Å². The fourth-order valence-corrected chi connectivity index (χ4v) is 3.25. The molecule has 0 amide bonds. The highest BCUT2D eigenvalue weighted by atomic mass is 35.5. The summed E-state index contributed by atoms with van der Waals surface area (Å²) in [6.45, 7) is 3.16. The van der Waals surface area contributed by atoms with Crippen molar-refractivity contribution in [2.45, 2.75) is 24.0 Å². The van der Waals surface area contributed by atoms with Crippen molar-refractivity contribution >= 4 is 32.2 Å². The van der Waals surface area contributed by atoms with Crippen molar-refractivity contribution in [3.63, 3.8) is 0 Å². The number of alkyl halides is 1. The number of rotatable bonds is 3. The van der Waals surface area contributed by atoms with Crippen molar-refractivity contribution in [2.75, 3.05) is 6.26 Å². The summed E-state index contributed by atoms with van der Waals surface area (Å²) in [4.78, 5) is 0. The van der Waals surface area contributed by atoms with E-state index in [1.807, 2.05) is 0 Å². The van der Waals surface area contributed by atoms with Crippen LogP contribution in [-0.2, 0) is 9.84 Å². The second-order valence-electron chi connectivity index (χ2n) is 5.42. The van der Waals surface area contributed by atoms with Crippen LogP contribution in [0, 0.1) is 5.82 Å². The maximum Gasteiger partial charge on any atom is 0.154 e. The number of hydrogen-bond donors (Lipinski definition) is 0. The van der Waals surface area contributed by atoms with Gasteiger partial charge in [0.05, 0.1) is 10.1 Å². The van der Waals surface area contributed by atoms with Gasteiger partial charge in [-0.15, -0.1) is 11.6 Å². The molecule has 0 saturated carbocycles. The molecular formula is C15H16ClFO2S. The zero-order valence-electron chi connectivity index (χ0n) is 11.5. The third-order valence-electron chi connectivity index (χ3n) is 3.74. The topological polar surface area (TPSA) is 34.1 Å². The lowest BCUT2D eigenvalue weighted by Crippen LogP contribution is -2.35. The lowest BCUT2D eigenvalue weighted by Gasteiger charge is -2.29. The van der Waals surface area contributed by atoms with Crippen LogP contribution < -0.4 is 0 Å². The zero-order valence-corrected chi connectivity index (χ0v) is 13.1. The van der Waals surface area contributed by atoms with Crippen molar-refractivity contribution in [1.29, 1.82) is 0 Å². The summed E-state index contributed by atoms with van der Waals surface area (Å²) in [5.41, 5.74) is 0.624. The Morgan fingerprint density at radius 3 is 2.20 bits per heavy atom. The molecule has 0 aromatic heterocycles. The van der Waals surface area contributed by atoms with E-state index in [0.29, 0.717) is 16.3 Å². The highest BCUT2D eigenvalue weighted by molar-refractivity contribution is 7.92. The molecule has 0 N–H and O–H groups in total. The third-order valence-corrected chi connectivity index (χ3v) is 6.80. The quantitative estimate of drug-likeness (QED) is 0.800. The highest BCUT2D eigenvalue weighted by Gasteiger charge is 2.39. The van der Waals surface area contributed by atoms with E-state index in [4.69, 9.17) is 11.6 Å². The van der Waals surface area contributed by atoms with Gasteiger partial charge in [0.2, 0.25) is 0 Å². The first kappa shape index (κ1) is 15.3. The van der Waals surface area contributed by atoms with Gasteiger partial charge in [0.15, 0.2) is 9.84 Å². The molecule has 0 aliphatic heterocycles. The molecular weight excluding hydrogens is 299 g/mol. The molecule has 5 heteroatoms. The summed E-state index contributed by atoms with van der Waals surface area (Å²) in [7, 11) is -3.35. The van der Waals surface area contributed by atoms with Gasteiger partial charge in [-0.1, -0.05) is 30.3 Å². The minimum atomic E-state index is -3.35. The molecule has 1 unspecified atom stereocenters. The molecule has 0 spiro atoms. The van der Waals surface area contributed by atoms with E-state index in [0.717, 1.165) is 6.26 Å². The molecule has 1 atom stereocenters. The number of sulfone groups is 1. The highest BCUT2D eigenvalue weighted by Crippen LogP contribution is 2.40. The van der Waals surface area contributed by atoms with Gasteiger partial charge in [-0.2, -0.15) is 0 Å². The van der Waals surface area contributed by atoms with Gasteiger partial charge in [-0.3, -0.25) is 0 Å². The van der Waals surface area contributed by atoms with Crippen LogP contribution in [-0.4, -0.2) is 19.4 Å². The minimum Gasteiger partial charge on any atom is -0.229 e. The molecule has 2 aromatic rings. The van der Waals surface area contributed by atoms with E-state index >= 15 is 0 Å². The predicted octanol–water partition coefficient (Wildman–Crippen LogP) is 4.08. The van der Waals surface area contributed by atoms with E-state index in [2.05, 4.69) is 0 Å². The average Bonchev–Trinajstić information content (AvgIpc) is 2.37. The summed E-state index contributed by atoms with van der Waals surface area (Å²) in [5, 5.41) is 0.326. The molecule has 2 rings (SSSR count). The molecule has 0 aliphatic rings. The second kappa shape index (κ2) is 5.01. The molecule has 0 fully saturated rings. The van der Waals surface area contributed by atoms with Crippen LogP contribution >= 0.6 is 11.6 Å². The molecule has 0 bridgehead atoms. The third kappa shape index (κ3) is 2.42. The number of fused-ring (bicyclic) bond motifs is 1. The Balaban J connectivity index is 2.68. The maximum absolute atomic E-state index is 13.8. The van der Waals surface area contributed by atoms with Crippen molar-refractivity contribution in [3.8, 4) is 0 Å². The van der Waals surface area contributed by atoms with Crippen LogP contribution in [0.25, 0.3) is 10.8 Å². The van der Waals surface area contributed by atoms with Crippen LogP contribution in [0.1, 0.15) is 24.8 Å². The van der Waals surface area contributed by atoms with E-state index in [1.54, 1.807) is 44.2 Å². The molecule has 2 aromatic carbocycles. The van der Waals surface area contributed by atoms with Gasteiger partial charge in [0, 0.05) is 11.6 Å². The lowest BCUT2D eigenvalue weighted by molar-refractivity contribution is 0.544. The minimum absolute atomic E-state index is 0.342. The van der Waals surface area contributed by atoms with E-state index in [-0.39, 0.29) is 5.82 Å². The molecule has 20 heavy (non-hydrogen) atoms. The fourth-order valence-electron chi connectivity index (χ4n) is 2.07. The normalized spacial score (nSPS) is 14.4. The Hall–Kier alpha value is -1.13. The Morgan fingerprint density at radius 1 is 1.10 bits per heavy atom. The molecule has 108 valence electrons. The first-order valence-corrected chi connectivity index (χ1v) is 8.50. The second-order valence-corrected chi connectivity index (χ2v) is 8.45. The molecule has 2 nitrogen and oxygen atoms in total. The Labute approximate surface area is 123 Å². The smallest absolute Gasteiger partial charge is 0.154 e. The van der Waals surface area contributed by atoms with Gasteiger partial charge in [-0.25, -0.2) is 12.8 Å². The van der Waals surface area contributed by atoms with Gasteiger partial charge in [-0.05, 0) is 30.9 Å². The Morgan fingerprint density at radius 2 is 1.65 bits per heavy atom. The van der Waals surface area contributed by atoms with Crippen molar-refractivity contribution in [3.05, 3.63) is 47.8 Å². The number of hydrogen-bond acceptors (Lipinski definition) is 2. The van der Waals surface area contributed by atoms with Crippen molar-refractivity contribution < 1.29 is 12.8 Å². The first-order valence-electron chi connectivity index (χ1n) is 6.17. The summed E-state index contributed by atoms with van der Waals surface area (Å²) in [6.07, 6.45) is 1.16. The number of benzene rings is 2. The van der Waals surface area contributed by atoms with Gasteiger partial charge in [0.25, 0.3) is 0 Å². The largest absolute Gasteiger partial charge is 0.229 e. The average molecular weight is 315 g/mol. The monoisotopic (exact) mass is 314 g/mol. The molecule has 0 saturated heterocycles. The standard InChI is InChI=1S/C15H16ClFO2S/c1-15(2,20(3,18)19)14(16)12-8-9-13(17)11-7-5-4-6-10(11)12/h4-9,14H,1-3H3. The van der Waals surface area contributed by atoms with Gasteiger partial charge in [0.1, 0.15) is 5.82 Å². The molecule has 0 heterocycles.